The maximum atomic E-state index is 2.38. The van der Waals surface area contributed by atoms with E-state index in [0.717, 1.165) is 23.5 Å². The normalized spacial score (nSPS) is 15.8. The van der Waals surface area contributed by atoms with Crippen molar-refractivity contribution in [2.45, 2.75) is 13.3 Å². The number of thiophene rings is 1. The van der Waals surface area contributed by atoms with Gasteiger partial charge >= 0.3 is 0 Å². The van der Waals surface area contributed by atoms with Crippen LogP contribution in [0.1, 0.15) is 18.9 Å². The molecule has 0 amide bonds. The lowest BCUT2D eigenvalue weighted by Crippen LogP contribution is -2.19. The summed E-state index contributed by atoms with van der Waals surface area (Å²) < 4.78 is 2.65. The molecule has 0 aliphatic heterocycles. The highest BCUT2D eigenvalue weighted by molar-refractivity contribution is 7.26. The van der Waals surface area contributed by atoms with Crippen LogP contribution < -0.4 is 4.90 Å². The van der Waals surface area contributed by atoms with Gasteiger partial charge in [0, 0.05) is 42.6 Å². The van der Waals surface area contributed by atoms with Gasteiger partial charge in [-0.1, -0.05) is 183 Å². The zero-order chi connectivity index (χ0) is 41.9. The van der Waals surface area contributed by atoms with Gasteiger partial charge in [0.05, 0.1) is 0 Å². The van der Waals surface area contributed by atoms with Crippen molar-refractivity contribution in [2.24, 2.45) is 5.41 Å². The van der Waals surface area contributed by atoms with E-state index >= 15 is 0 Å². The Morgan fingerprint density at radius 3 is 1.83 bits per heavy atom. The van der Waals surface area contributed by atoms with Gasteiger partial charge in [0.2, 0.25) is 0 Å². The minimum atomic E-state index is 0.0348. The number of benzene rings is 9. The Morgan fingerprint density at radius 2 is 1.05 bits per heavy atom. The van der Waals surface area contributed by atoms with Crippen LogP contribution in [0.15, 0.2) is 236 Å². The van der Waals surface area contributed by atoms with Crippen molar-refractivity contribution >= 4 is 75.7 Å². The molecule has 0 saturated carbocycles. The van der Waals surface area contributed by atoms with Crippen LogP contribution in [0.4, 0.5) is 17.1 Å². The molecule has 1 unspecified atom stereocenters. The standard InChI is InChI=1S/C61H43NS/c1-61-37-7-6-19-58(61)54(18-10-38-61)47-13-8-12-45(39-47)41-23-30-49(31-24-41)62(51-34-27-44(28-35-51)55-16-9-17-57-56-15-4-5-20-59(56)63-60(55)57)50-32-25-42(26-33-50)46-29-36-53-48(40-46)22-21-43-11-2-3-14-52(43)53/h2-37,39-40H,38H2,1H3. The third-order valence-corrected chi connectivity index (χ3v) is 14.5. The Kier molecular flexibility index (Phi) is 8.95. The first kappa shape index (κ1) is 37.3. The summed E-state index contributed by atoms with van der Waals surface area (Å²) in [5.74, 6) is 0. The fraction of sp³-hybridized carbons (Fsp3) is 0.0492. The first-order valence-electron chi connectivity index (χ1n) is 21.9. The first-order chi connectivity index (χ1) is 31.1. The lowest BCUT2D eigenvalue weighted by atomic mass is 9.70. The molecule has 0 N–H and O–H groups in total. The largest absolute Gasteiger partial charge is 0.311 e. The summed E-state index contributed by atoms with van der Waals surface area (Å²) in [6.07, 6.45) is 14.7. The van der Waals surface area contributed by atoms with Crippen LogP contribution >= 0.6 is 11.3 Å². The second-order valence-electron chi connectivity index (χ2n) is 17.1. The van der Waals surface area contributed by atoms with Gasteiger partial charge in [-0.05, 0) is 133 Å². The van der Waals surface area contributed by atoms with E-state index in [0.29, 0.717) is 0 Å². The molecule has 63 heavy (non-hydrogen) atoms. The Bertz CT molecular complexity index is 3520. The van der Waals surface area contributed by atoms with Crippen LogP contribution in [-0.2, 0) is 0 Å². The predicted molar refractivity (Wildman–Crippen MR) is 272 cm³/mol. The topological polar surface area (TPSA) is 3.24 Å². The van der Waals surface area contributed by atoms with E-state index in [1.54, 1.807) is 0 Å². The number of hydrogen-bond donors (Lipinski definition) is 0. The minimum Gasteiger partial charge on any atom is -0.311 e. The van der Waals surface area contributed by atoms with Gasteiger partial charge in [-0.15, -0.1) is 11.3 Å². The smallest absolute Gasteiger partial charge is 0.0462 e. The van der Waals surface area contributed by atoms with Crippen LogP contribution in [0.2, 0.25) is 0 Å². The van der Waals surface area contributed by atoms with Crippen molar-refractivity contribution in [2.75, 3.05) is 4.90 Å². The van der Waals surface area contributed by atoms with E-state index in [-0.39, 0.29) is 5.41 Å². The van der Waals surface area contributed by atoms with Crippen LogP contribution in [0, 0.1) is 5.41 Å². The maximum absolute atomic E-state index is 2.38. The summed E-state index contributed by atoms with van der Waals surface area (Å²) in [5, 5.41) is 7.74. The summed E-state index contributed by atoms with van der Waals surface area (Å²) in [7, 11) is 0. The third-order valence-electron chi connectivity index (χ3n) is 13.2. The number of rotatable bonds is 7. The zero-order valence-electron chi connectivity index (χ0n) is 35.0. The monoisotopic (exact) mass is 821 g/mol. The summed E-state index contributed by atoms with van der Waals surface area (Å²) in [4.78, 5) is 2.38. The molecule has 0 saturated heterocycles. The molecule has 10 aromatic rings. The molecule has 0 radical (unpaired) electrons. The molecule has 0 spiro atoms. The van der Waals surface area contributed by atoms with Crippen LogP contribution in [0.25, 0.3) is 80.7 Å². The van der Waals surface area contributed by atoms with Gasteiger partial charge in [0.15, 0.2) is 0 Å². The molecule has 2 aliphatic carbocycles. The molecule has 1 aromatic heterocycles. The van der Waals surface area contributed by atoms with Gasteiger partial charge in [0.25, 0.3) is 0 Å². The van der Waals surface area contributed by atoms with Crippen molar-refractivity contribution in [1.29, 1.82) is 0 Å². The lowest BCUT2D eigenvalue weighted by molar-refractivity contribution is 0.529. The van der Waals surface area contributed by atoms with Gasteiger partial charge in [-0.3, -0.25) is 0 Å². The molecule has 9 aromatic carbocycles. The van der Waals surface area contributed by atoms with Gasteiger partial charge < -0.3 is 4.90 Å². The summed E-state index contributed by atoms with van der Waals surface area (Å²) in [5.41, 5.74) is 14.6. The number of anilines is 3. The molecular formula is C61H43NS. The lowest BCUT2D eigenvalue weighted by Gasteiger charge is -2.33. The number of hydrogen-bond acceptors (Lipinski definition) is 2. The van der Waals surface area contributed by atoms with Crippen molar-refractivity contribution in [3.8, 4) is 33.4 Å². The highest BCUT2D eigenvalue weighted by Gasteiger charge is 2.30. The highest BCUT2D eigenvalue weighted by atomic mass is 32.1. The van der Waals surface area contributed by atoms with Gasteiger partial charge in [-0.25, -0.2) is 0 Å². The van der Waals surface area contributed by atoms with Crippen molar-refractivity contribution in [1.82, 2.24) is 0 Å². The van der Waals surface area contributed by atoms with Crippen molar-refractivity contribution in [3.63, 3.8) is 0 Å². The quantitative estimate of drug-likeness (QED) is 0.145. The molecule has 2 heteroatoms. The van der Waals surface area contributed by atoms with Crippen LogP contribution in [-0.4, -0.2) is 0 Å². The highest BCUT2D eigenvalue weighted by Crippen LogP contribution is 2.46. The molecule has 2 aliphatic rings. The Labute approximate surface area is 372 Å². The zero-order valence-corrected chi connectivity index (χ0v) is 35.8. The molecule has 12 rings (SSSR count). The second-order valence-corrected chi connectivity index (χ2v) is 18.2. The number of fused-ring (bicyclic) bond motifs is 7. The summed E-state index contributed by atoms with van der Waals surface area (Å²) in [6, 6.07) is 71.7. The van der Waals surface area contributed by atoms with E-state index in [2.05, 4.69) is 242 Å². The molecule has 0 bridgehead atoms. The third kappa shape index (κ3) is 6.54. The SMILES string of the molecule is CC12C=CC=CC1=C(c1cccc(-c3ccc(N(c4ccc(-c5ccc6c(ccc7ccccc76)c5)cc4)c4ccc(-c5cccc6c5sc5ccccc56)cc4)cc3)c1)C=CC2. The van der Waals surface area contributed by atoms with Crippen LogP contribution in [0.3, 0.4) is 0 Å². The molecular weight excluding hydrogens is 779 g/mol. The molecule has 1 atom stereocenters. The van der Waals surface area contributed by atoms with Crippen molar-refractivity contribution in [3.05, 3.63) is 242 Å². The minimum absolute atomic E-state index is 0.0348. The fourth-order valence-electron chi connectivity index (χ4n) is 9.92. The Hall–Kier alpha value is -7.52. The van der Waals surface area contributed by atoms with E-state index in [1.807, 2.05) is 11.3 Å². The molecule has 1 nitrogen and oxygen atoms in total. The summed E-state index contributed by atoms with van der Waals surface area (Å²) >= 11 is 1.88. The maximum Gasteiger partial charge on any atom is 0.0462 e. The number of allylic oxidation sites excluding steroid dienone is 8. The van der Waals surface area contributed by atoms with E-state index in [4.69, 9.17) is 0 Å². The van der Waals surface area contributed by atoms with E-state index in [1.165, 1.54) is 91.8 Å². The molecule has 1 heterocycles. The molecule has 0 fully saturated rings. The average molecular weight is 822 g/mol. The fourth-order valence-corrected chi connectivity index (χ4v) is 11.2. The van der Waals surface area contributed by atoms with Gasteiger partial charge in [-0.2, -0.15) is 0 Å². The van der Waals surface area contributed by atoms with E-state index in [9.17, 15) is 0 Å². The second kappa shape index (κ2) is 15.1. The summed E-state index contributed by atoms with van der Waals surface area (Å²) in [6.45, 7) is 2.35. The Balaban J connectivity index is 0.912. The average Bonchev–Trinajstić information content (AvgIpc) is 3.73. The van der Waals surface area contributed by atoms with Gasteiger partial charge in [0.1, 0.15) is 0 Å². The predicted octanol–water partition coefficient (Wildman–Crippen LogP) is 17.7. The first-order valence-corrected chi connectivity index (χ1v) is 22.7. The van der Waals surface area contributed by atoms with Crippen LogP contribution in [0.5, 0.6) is 0 Å². The Morgan fingerprint density at radius 1 is 0.444 bits per heavy atom. The molecule has 298 valence electrons. The van der Waals surface area contributed by atoms with Crippen molar-refractivity contribution < 1.29 is 0 Å². The van der Waals surface area contributed by atoms with E-state index < -0.39 is 0 Å². The number of nitrogens with zero attached hydrogens (tertiary/aromatic N) is 1.